The first kappa shape index (κ1) is 14.8. The van der Waals surface area contributed by atoms with E-state index >= 15 is 0 Å². The lowest BCUT2D eigenvalue weighted by molar-refractivity contribution is 0.514. The van der Waals surface area contributed by atoms with Crippen LogP contribution in [0.2, 0.25) is 0 Å². The highest BCUT2D eigenvalue weighted by molar-refractivity contribution is 5.87. The standard InChI is InChI=1S/C19H23N3/c1-13(2)22-12-18(20-21-22)16-7-6-15-11-17(19(3,4)5)9-8-14(15)10-16/h6-13H,1-5H3. The van der Waals surface area contributed by atoms with Crippen LogP contribution in [-0.2, 0) is 5.41 Å². The summed E-state index contributed by atoms with van der Waals surface area (Å²) in [7, 11) is 0. The molecule has 2 aromatic carbocycles. The van der Waals surface area contributed by atoms with E-state index in [0.717, 1.165) is 11.3 Å². The average Bonchev–Trinajstić information content (AvgIpc) is 2.95. The van der Waals surface area contributed by atoms with E-state index in [1.54, 1.807) is 0 Å². The molecule has 3 nitrogen and oxygen atoms in total. The first-order chi connectivity index (χ1) is 10.3. The minimum Gasteiger partial charge on any atom is -0.249 e. The van der Waals surface area contributed by atoms with E-state index in [4.69, 9.17) is 0 Å². The van der Waals surface area contributed by atoms with Crippen molar-refractivity contribution in [3.05, 3.63) is 48.2 Å². The van der Waals surface area contributed by atoms with Crippen molar-refractivity contribution < 1.29 is 0 Å². The van der Waals surface area contributed by atoms with Gasteiger partial charge in [-0.3, -0.25) is 0 Å². The predicted molar refractivity (Wildman–Crippen MR) is 92.0 cm³/mol. The van der Waals surface area contributed by atoms with Crippen LogP contribution in [0.5, 0.6) is 0 Å². The van der Waals surface area contributed by atoms with Gasteiger partial charge in [-0.25, -0.2) is 4.68 Å². The number of hydrogen-bond acceptors (Lipinski definition) is 2. The molecule has 0 atom stereocenters. The molecule has 114 valence electrons. The molecule has 0 saturated heterocycles. The summed E-state index contributed by atoms with van der Waals surface area (Å²) >= 11 is 0. The number of nitrogens with zero attached hydrogens (tertiary/aromatic N) is 3. The van der Waals surface area contributed by atoms with E-state index in [0.29, 0.717) is 6.04 Å². The van der Waals surface area contributed by atoms with Gasteiger partial charge in [0.05, 0.1) is 6.20 Å². The van der Waals surface area contributed by atoms with Crippen LogP contribution in [0, 0.1) is 0 Å². The first-order valence-corrected chi connectivity index (χ1v) is 7.81. The lowest BCUT2D eigenvalue weighted by Gasteiger charge is -2.19. The molecular weight excluding hydrogens is 270 g/mol. The van der Waals surface area contributed by atoms with E-state index in [-0.39, 0.29) is 5.41 Å². The maximum atomic E-state index is 4.28. The Hall–Kier alpha value is -2.16. The van der Waals surface area contributed by atoms with Gasteiger partial charge in [-0.15, -0.1) is 5.10 Å². The van der Waals surface area contributed by atoms with Gasteiger partial charge >= 0.3 is 0 Å². The second-order valence-electron chi connectivity index (χ2n) is 7.20. The topological polar surface area (TPSA) is 30.7 Å². The van der Waals surface area contributed by atoms with Gasteiger partial charge in [-0.2, -0.15) is 0 Å². The summed E-state index contributed by atoms with van der Waals surface area (Å²) in [6.07, 6.45) is 2.01. The molecule has 0 aliphatic heterocycles. The number of aromatic nitrogens is 3. The zero-order valence-electron chi connectivity index (χ0n) is 14.0. The number of fused-ring (bicyclic) bond motifs is 1. The number of hydrogen-bond donors (Lipinski definition) is 0. The van der Waals surface area contributed by atoms with E-state index in [1.165, 1.54) is 16.3 Å². The van der Waals surface area contributed by atoms with Gasteiger partial charge in [-0.1, -0.05) is 56.3 Å². The molecule has 3 aromatic rings. The zero-order valence-corrected chi connectivity index (χ0v) is 14.0. The van der Waals surface area contributed by atoms with E-state index in [1.807, 2.05) is 10.9 Å². The van der Waals surface area contributed by atoms with Crippen molar-refractivity contribution in [3.63, 3.8) is 0 Å². The molecule has 0 radical (unpaired) electrons. The molecule has 0 aliphatic carbocycles. The Morgan fingerprint density at radius 3 is 2.27 bits per heavy atom. The van der Waals surface area contributed by atoms with Crippen LogP contribution >= 0.6 is 0 Å². The molecule has 1 heterocycles. The van der Waals surface area contributed by atoms with Gasteiger partial charge in [0.25, 0.3) is 0 Å². The zero-order chi connectivity index (χ0) is 15.9. The summed E-state index contributed by atoms with van der Waals surface area (Å²) in [4.78, 5) is 0. The van der Waals surface area contributed by atoms with Gasteiger partial charge in [0.1, 0.15) is 5.69 Å². The molecule has 0 bridgehead atoms. The molecule has 22 heavy (non-hydrogen) atoms. The third kappa shape index (κ3) is 2.76. The highest BCUT2D eigenvalue weighted by Gasteiger charge is 2.14. The molecule has 1 aromatic heterocycles. The van der Waals surface area contributed by atoms with E-state index in [9.17, 15) is 0 Å². The second kappa shape index (κ2) is 5.24. The maximum absolute atomic E-state index is 4.28. The van der Waals surface area contributed by atoms with Crippen molar-refractivity contribution in [1.82, 2.24) is 15.0 Å². The first-order valence-electron chi connectivity index (χ1n) is 7.81. The Morgan fingerprint density at radius 1 is 0.955 bits per heavy atom. The van der Waals surface area contributed by atoms with Crippen molar-refractivity contribution >= 4 is 10.8 Å². The van der Waals surface area contributed by atoms with Gasteiger partial charge < -0.3 is 0 Å². The van der Waals surface area contributed by atoms with Crippen molar-refractivity contribution in [2.75, 3.05) is 0 Å². The van der Waals surface area contributed by atoms with Crippen LogP contribution in [-0.4, -0.2) is 15.0 Å². The molecule has 0 saturated carbocycles. The third-order valence-electron chi connectivity index (χ3n) is 4.04. The monoisotopic (exact) mass is 293 g/mol. The van der Waals surface area contributed by atoms with Gasteiger partial charge in [0.15, 0.2) is 0 Å². The van der Waals surface area contributed by atoms with Gasteiger partial charge in [0, 0.05) is 11.6 Å². The van der Waals surface area contributed by atoms with Crippen molar-refractivity contribution in [1.29, 1.82) is 0 Å². The molecule has 0 N–H and O–H groups in total. The fourth-order valence-electron chi connectivity index (χ4n) is 2.53. The van der Waals surface area contributed by atoms with Crippen molar-refractivity contribution in [3.8, 4) is 11.3 Å². The molecule has 0 unspecified atom stereocenters. The van der Waals surface area contributed by atoms with Crippen LogP contribution in [0.4, 0.5) is 0 Å². The normalized spacial score (nSPS) is 12.3. The lowest BCUT2D eigenvalue weighted by Crippen LogP contribution is -2.10. The fourth-order valence-corrected chi connectivity index (χ4v) is 2.53. The SMILES string of the molecule is CC(C)n1cc(-c2ccc3cc(C(C)(C)C)ccc3c2)nn1. The molecule has 0 amide bonds. The largest absolute Gasteiger partial charge is 0.249 e. The Balaban J connectivity index is 2.02. The minimum atomic E-state index is 0.173. The van der Waals surface area contributed by atoms with Crippen molar-refractivity contribution in [2.24, 2.45) is 0 Å². The Labute approximate surface area is 132 Å². The Bertz CT molecular complexity index is 807. The molecular formula is C19H23N3. The van der Waals surface area contributed by atoms with Crippen LogP contribution in [0.3, 0.4) is 0 Å². The van der Waals surface area contributed by atoms with Crippen LogP contribution in [0.25, 0.3) is 22.0 Å². The summed E-state index contributed by atoms with van der Waals surface area (Å²) in [5, 5.41) is 11.0. The van der Waals surface area contributed by atoms with Gasteiger partial charge in [0.2, 0.25) is 0 Å². The van der Waals surface area contributed by atoms with Crippen LogP contribution < -0.4 is 0 Å². The average molecular weight is 293 g/mol. The fraction of sp³-hybridized carbons (Fsp3) is 0.368. The summed E-state index contributed by atoms with van der Waals surface area (Å²) in [5.41, 5.74) is 3.57. The maximum Gasteiger partial charge on any atom is 0.113 e. The van der Waals surface area contributed by atoms with Crippen LogP contribution in [0.1, 0.15) is 46.2 Å². The number of benzene rings is 2. The third-order valence-corrected chi connectivity index (χ3v) is 4.04. The quantitative estimate of drug-likeness (QED) is 0.667. The highest BCUT2D eigenvalue weighted by Crippen LogP contribution is 2.28. The molecule has 3 heteroatoms. The Kier molecular flexibility index (Phi) is 3.51. The van der Waals surface area contributed by atoms with Crippen LogP contribution in [0.15, 0.2) is 42.6 Å². The smallest absolute Gasteiger partial charge is 0.113 e. The Morgan fingerprint density at radius 2 is 1.64 bits per heavy atom. The molecule has 0 fully saturated rings. The molecule has 0 aliphatic rings. The summed E-state index contributed by atoms with van der Waals surface area (Å²) in [6.45, 7) is 10.9. The summed E-state index contributed by atoms with van der Waals surface area (Å²) in [6, 6.07) is 13.5. The van der Waals surface area contributed by atoms with Gasteiger partial charge in [-0.05, 0) is 41.7 Å². The van der Waals surface area contributed by atoms with Crippen molar-refractivity contribution in [2.45, 2.75) is 46.1 Å². The number of rotatable bonds is 2. The highest BCUT2D eigenvalue weighted by atomic mass is 15.4. The van der Waals surface area contributed by atoms with E-state index in [2.05, 4.69) is 81.3 Å². The predicted octanol–water partition coefficient (Wildman–Crippen LogP) is 4.98. The minimum absolute atomic E-state index is 0.173. The lowest BCUT2D eigenvalue weighted by atomic mass is 9.86. The summed E-state index contributed by atoms with van der Waals surface area (Å²) < 4.78 is 1.89. The second-order valence-corrected chi connectivity index (χ2v) is 7.20. The van der Waals surface area contributed by atoms with E-state index < -0.39 is 0 Å². The molecule has 0 spiro atoms. The summed E-state index contributed by atoms with van der Waals surface area (Å²) in [5.74, 6) is 0. The molecule has 3 rings (SSSR count).